The van der Waals surface area contributed by atoms with Crippen LogP contribution in [0.1, 0.15) is 32.8 Å². The fourth-order valence-electron chi connectivity index (χ4n) is 2.24. The maximum absolute atomic E-state index is 5.82. The molecule has 0 amide bonds. The predicted octanol–water partition coefficient (Wildman–Crippen LogP) is 4.21. The van der Waals surface area contributed by atoms with E-state index < -0.39 is 8.80 Å². The Bertz CT molecular complexity index is 446. The largest absolute Gasteiger partial charge is 0.500 e. The highest BCUT2D eigenvalue weighted by molar-refractivity contribution is 6.60. The summed E-state index contributed by atoms with van der Waals surface area (Å²) in [6.45, 7) is 8.55. The molecular weight excluding hydrogens is 306 g/mol. The standard InChI is InChI=1S/C18H29NO3Si/c1-4-20-23(21-5-2,22-6-3)17-11-16-19-15-10-14-18-12-8-7-9-13-18/h7-10,12-15H,4-6,11,16-17H2,1-3H3. The Morgan fingerprint density at radius 3 is 2.13 bits per heavy atom. The summed E-state index contributed by atoms with van der Waals surface area (Å²) in [5, 5.41) is 0. The first-order valence-electron chi connectivity index (χ1n) is 8.39. The number of rotatable bonds is 12. The van der Waals surface area contributed by atoms with Gasteiger partial charge in [-0.1, -0.05) is 36.4 Å². The van der Waals surface area contributed by atoms with E-state index in [1.807, 2.05) is 57.3 Å². The number of nitrogens with zero attached hydrogens (tertiary/aromatic N) is 1. The molecule has 0 saturated heterocycles. The van der Waals surface area contributed by atoms with Gasteiger partial charge in [0.25, 0.3) is 0 Å². The predicted molar refractivity (Wildman–Crippen MR) is 98.9 cm³/mol. The fourth-order valence-corrected chi connectivity index (χ4v) is 4.84. The lowest BCUT2D eigenvalue weighted by molar-refractivity contribution is 0.0710. The average Bonchev–Trinajstić information content (AvgIpc) is 2.56. The zero-order chi connectivity index (χ0) is 16.8. The lowest BCUT2D eigenvalue weighted by Gasteiger charge is -2.28. The zero-order valence-corrected chi connectivity index (χ0v) is 15.5. The normalized spacial score (nSPS) is 12.5. The molecule has 23 heavy (non-hydrogen) atoms. The Labute approximate surface area is 141 Å². The van der Waals surface area contributed by atoms with Gasteiger partial charge in [-0.3, -0.25) is 4.99 Å². The molecule has 128 valence electrons. The van der Waals surface area contributed by atoms with E-state index in [2.05, 4.69) is 17.1 Å². The maximum Gasteiger partial charge on any atom is 0.500 e. The molecule has 0 aromatic heterocycles. The van der Waals surface area contributed by atoms with Gasteiger partial charge in [0.05, 0.1) is 0 Å². The summed E-state index contributed by atoms with van der Waals surface area (Å²) < 4.78 is 17.5. The van der Waals surface area contributed by atoms with Crippen molar-refractivity contribution in [1.29, 1.82) is 0 Å². The van der Waals surface area contributed by atoms with Gasteiger partial charge in [0.2, 0.25) is 0 Å². The molecule has 0 aliphatic carbocycles. The van der Waals surface area contributed by atoms with Crippen LogP contribution in [0.25, 0.3) is 6.08 Å². The van der Waals surface area contributed by atoms with Gasteiger partial charge in [-0.15, -0.1) is 0 Å². The quantitative estimate of drug-likeness (QED) is 0.326. The Kier molecular flexibility index (Phi) is 10.5. The van der Waals surface area contributed by atoms with E-state index in [4.69, 9.17) is 13.3 Å². The van der Waals surface area contributed by atoms with Crippen molar-refractivity contribution in [2.24, 2.45) is 4.99 Å². The van der Waals surface area contributed by atoms with Crippen molar-refractivity contribution in [2.75, 3.05) is 26.4 Å². The number of hydrogen-bond acceptors (Lipinski definition) is 4. The van der Waals surface area contributed by atoms with Gasteiger partial charge in [-0.2, -0.15) is 0 Å². The molecule has 0 atom stereocenters. The van der Waals surface area contributed by atoms with Crippen LogP contribution in [0.4, 0.5) is 0 Å². The lowest BCUT2D eigenvalue weighted by atomic mass is 10.2. The summed E-state index contributed by atoms with van der Waals surface area (Å²) >= 11 is 0. The third-order valence-corrected chi connectivity index (χ3v) is 6.29. The summed E-state index contributed by atoms with van der Waals surface area (Å²) in [4.78, 5) is 4.41. The fraction of sp³-hybridized carbons (Fsp3) is 0.500. The molecule has 0 fully saturated rings. The van der Waals surface area contributed by atoms with Gasteiger partial charge in [0, 0.05) is 38.6 Å². The van der Waals surface area contributed by atoms with Crippen LogP contribution < -0.4 is 0 Å². The molecule has 0 radical (unpaired) electrons. The Morgan fingerprint density at radius 2 is 1.57 bits per heavy atom. The van der Waals surface area contributed by atoms with Crippen molar-refractivity contribution in [3.8, 4) is 0 Å². The van der Waals surface area contributed by atoms with E-state index in [-0.39, 0.29) is 0 Å². The highest BCUT2D eigenvalue weighted by Gasteiger charge is 2.39. The smallest absolute Gasteiger partial charge is 0.374 e. The first-order valence-corrected chi connectivity index (χ1v) is 10.3. The number of benzene rings is 1. The summed E-state index contributed by atoms with van der Waals surface area (Å²) in [6, 6.07) is 11.0. The van der Waals surface area contributed by atoms with E-state index in [0.29, 0.717) is 19.8 Å². The van der Waals surface area contributed by atoms with Crippen LogP contribution in [0, 0.1) is 0 Å². The lowest BCUT2D eigenvalue weighted by Crippen LogP contribution is -2.46. The second-order valence-corrected chi connectivity index (χ2v) is 7.64. The molecule has 1 aromatic rings. The third kappa shape index (κ3) is 8.23. The van der Waals surface area contributed by atoms with Crippen LogP contribution in [0.3, 0.4) is 0 Å². The summed E-state index contributed by atoms with van der Waals surface area (Å²) in [6.07, 6.45) is 6.76. The van der Waals surface area contributed by atoms with E-state index in [1.165, 1.54) is 5.56 Å². The van der Waals surface area contributed by atoms with Crippen LogP contribution in [0.2, 0.25) is 6.04 Å². The minimum Gasteiger partial charge on any atom is -0.374 e. The van der Waals surface area contributed by atoms with Crippen molar-refractivity contribution in [1.82, 2.24) is 0 Å². The van der Waals surface area contributed by atoms with Gasteiger partial charge in [0.1, 0.15) is 0 Å². The topological polar surface area (TPSA) is 40.0 Å². The second kappa shape index (κ2) is 12.2. The van der Waals surface area contributed by atoms with Crippen LogP contribution in [0.5, 0.6) is 0 Å². The van der Waals surface area contributed by atoms with Crippen molar-refractivity contribution in [3.63, 3.8) is 0 Å². The molecule has 0 spiro atoms. The SMILES string of the molecule is CCO[Si](CCCN=CC=Cc1ccccc1)(OCC)OCC. The molecule has 0 heterocycles. The van der Waals surface area contributed by atoms with Crippen LogP contribution in [-0.2, 0) is 13.3 Å². The molecule has 4 nitrogen and oxygen atoms in total. The number of aliphatic imine (C=N–C) groups is 1. The van der Waals surface area contributed by atoms with Crippen LogP contribution in [-0.4, -0.2) is 41.4 Å². The molecule has 1 rings (SSSR count). The van der Waals surface area contributed by atoms with Crippen molar-refractivity contribution in [2.45, 2.75) is 33.2 Å². The highest BCUT2D eigenvalue weighted by Crippen LogP contribution is 2.18. The monoisotopic (exact) mass is 335 g/mol. The highest BCUT2D eigenvalue weighted by atomic mass is 28.4. The molecule has 1 aromatic carbocycles. The first kappa shape index (κ1) is 19.8. The molecular formula is C18H29NO3Si. The minimum absolute atomic E-state index is 0.620. The minimum atomic E-state index is -2.51. The second-order valence-electron chi connectivity index (χ2n) is 4.91. The summed E-state index contributed by atoms with van der Waals surface area (Å²) in [5.74, 6) is 0. The average molecular weight is 336 g/mol. The number of hydrogen-bond donors (Lipinski definition) is 0. The third-order valence-electron chi connectivity index (χ3n) is 3.14. The van der Waals surface area contributed by atoms with Crippen molar-refractivity contribution in [3.05, 3.63) is 42.0 Å². The molecule has 0 bridgehead atoms. The Balaban J connectivity index is 2.37. The van der Waals surface area contributed by atoms with Crippen LogP contribution in [0.15, 0.2) is 41.4 Å². The van der Waals surface area contributed by atoms with Gasteiger partial charge < -0.3 is 13.3 Å². The van der Waals surface area contributed by atoms with Crippen molar-refractivity contribution < 1.29 is 13.3 Å². The molecule has 0 unspecified atom stereocenters. The van der Waals surface area contributed by atoms with E-state index in [1.54, 1.807) is 0 Å². The molecule has 0 saturated carbocycles. The molecule has 0 aliphatic heterocycles. The van der Waals surface area contributed by atoms with E-state index in [9.17, 15) is 0 Å². The van der Waals surface area contributed by atoms with Gasteiger partial charge >= 0.3 is 8.80 Å². The van der Waals surface area contributed by atoms with Gasteiger partial charge in [-0.25, -0.2) is 0 Å². The number of allylic oxidation sites excluding steroid dienone is 1. The van der Waals surface area contributed by atoms with Gasteiger partial charge in [-0.05, 0) is 38.8 Å². The Hall–Kier alpha value is -1.27. The summed E-state index contributed by atoms with van der Waals surface area (Å²) in [7, 11) is -2.51. The zero-order valence-electron chi connectivity index (χ0n) is 14.5. The molecule has 5 heteroatoms. The maximum atomic E-state index is 5.82. The van der Waals surface area contributed by atoms with Crippen molar-refractivity contribution >= 4 is 21.1 Å². The van der Waals surface area contributed by atoms with E-state index in [0.717, 1.165) is 19.0 Å². The van der Waals surface area contributed by atoms with E-state index >= 15 is 0 Å². The van der Waals surface area contributed by atoms with Crippen LogP contribution >= 0.6 is 0 Å². The van der Waals surface area contributed by atoms with Gasteiger partial charge in [0.15, 0.2) is 0 Å². The first-order chi connectivity index (χ1) is 11.3. The Morgan fingerprint density at radius 1 is 0.957 bits per heavy atom. The molecule has 0 aliphatic rings. The molecule has 0 N–H and O–H groups in total. The summed E-state index contributed by atoms with van der Waals surface area (Å²) in [5.41, 5.74) is 1.18.